The summed E-state index contributed by atoms with van der Waals surface area (Å²) < 4.78 is 0. The predicted octanol–water partition coefficient (Wildman–Crippen LogP) is -0.462. The molecule has 2 aliphatic heterocycles. The molecule has 3 heterocycles. The number of nitrogens with zero attached hydrogens (tertiary/aromatic N) is 2. The summed E-state index contributed by atoms with van der Waals surface area (Å²) in [6.07, 6.45) is 4.46. The maximum atomic E-state index is 12.5. The average Bonchev–Trinajstić information content (AvgIpc) is 2.94. The quantitative estimate of drug-likeness (QED) is 0.701. The SMILES string of the molecule is NC(=O)CC1CCN(C(=O)C2Cc3nc[nH]c3CN2)CC1. The Morgan fingerprint density at radius 1 is 1.38 bits per heavy atom. The highest BCUT2D eigenvalue weighted by atomic mass is 16.2. The molecule has 0 saturated carbocycles. The van der Waals surface area contributed by atoms with Gasteiger partial charge in [0.1, 0.15) is 0 Å². The lowest BCUT2D eigenvalue weighted by molar-refractivity contribution is -0.135. The van der Waals surface area contributed by atoms with Crippen LogP contribution < -0.4 is 11.1 Å². The molecule has 0 aliphatic carbocycles. The minimum absolute atomic E-state index is 0.140. The zero-order valence-corrected chi connectivity index (χ0v) is 12.0. The molecule has 1 saturated heterocycles. The highest BCUT2D eigenvalue weighted by Crippen LogP contribution is 2.22. The number of imidazole rings is 1. The number of fused-ring (bicyclic) bond motifs is 1. The van der Waals surface area contributed by atoms with Gasteiger partial charge in [0, 0.05) is 32.5 Å². The number of aromatic nitrogens is 2. The van der Waals surface area contributed by atoms with Gasteiger partial charge in [-0.2, -0.15) is 0 Å². The number of piperidine rings is 1. The number of hydrogen-bond donors (Lipinski definition) is 3. The van der Waals surface area contributed by atoms with Crippen LogP contribution in [-0.4, -0.2) is 45.8 Å². The number of H-pyrrole nitrogens is 1. The van der Waals surface area contributed by atoms with Gasteiger partial charge in [0.25, 0.3) is 0 Å². The van der Waals surface area contributed by atoms with E-state index in [0.29, 0.717) is 38.4 Å². The second-order valence-electron chi connectivity index (χ2n) is 5.90. The first-order valence-corrected chi connectivity index (χ1v) is 7.45. The fourth-order valence-electron chi connectivity index (χ4n) is 3.21. The minimum Gasteiger partial charge on any atom is -0.370 e. The number of carbonyl (C=O) groups is 2. The first-order valence-electron chi connectivity index (χ1n) is 7.45. The van der Waals surface area contributed by atoms with Crippen LogP contribution in [0.4, 0.5) is 0 Å². The lowest BCUT2D eigenvalue weighted by Gasteiger charge is -2.35. The molecule has 4 N–H and O–H groups in total. The van der Waals surface area contributed by atoms with Crippen molar-refractivity contribution in [3.05, 3.63) is 17.7 Å². The lowest BCUT2D eigenvalue weighted by Crippen LogP contribution is -2.51. The van der Waals surface area contributed by atoms with E-state index >= 15 is 0 Å². The summed E-state index contributed by atoms with van der Waals surface area (Å²) in [6.45, 7) is 2.08. The lowest BCUT2D eigenvalue weighted by atomic mass is 9.92. The summed E-state index contributed by atoms with van der Waals surface area (Å²) in [5, 5.41) is 3.27. The maximum absolute atomic E-state index is 12.5. The molecule has 0 aromatic carbocycles. The third-order valence-corrected chi connectivity index (χ3v) is 4.44. The van der Waals surface area contributed by atoms with E-state index in [-0.39, 0.29) is 17.9 Å². The molecule has 1 unspecified atom stereocenters. The van der Waals surface area contributed by atoms with Crippen molar-refractivity contribution in [2.24, 2.45) is 11.7 Å². The highest BCUT2D eigenvalue weighted by molar-refractivity contribution is 5.82. The first kappa shape index (κ1) is 14.1. The molecule has 1 fully saturated rings. The molecular weight excluding hydrogens is 270 g/mol. The van der Waals surface area contributed by atoms with Crippen molar-refractivity contribution in [3.63, 3.8) is 0 Å². The van der Waals surface area contributed by atoms with Crippen LogP contribution in [-0.2, 0) is 22.6 Å². The Bertz CT molecular complexity index is 533. The van der Waals surface area contributed by atoms with Crippen LogP contribution in [0.2, 0.25) is 0 Å². The third kappa shape index (κ3) is 3.07. The molecule has 0 spiro atoms. The van der Waals surface area contributed by atoms with Crippen molar-refractivity contribution >= 4 is 11.8 Å². The molecule has 7 heteroatoms. The van der Waals surface area contributed by atoms with Gasteiger partial charge in [0.15, 0.2) is 0 Å². The van der Waals surface area contributed by atoms with E-state index < -0.39 is 0 Å². The van der Waals surface area contributed by atoms with Gasteiger partial charge in [0.05, 0.1) is 23.8 Å². The number of amides is 2. The standard InChI is InChI=1S/C14H21N5O2/c15-13(20)5-9-1-3-19(4-2-9)14(21)11-6-10-12(7-16-11)18-8-17-10/h8-9,11,16H,1-7H2,(H2,15,20)(H,17,18). The van der Waals surface area contributed by atoms with E-state index in [0.717, 1.165) is 24.2 Å². The van der Waals surface area contributed by atoms with Crippen LogP contribution in [0.5, 0.6) is 0 Å². The fraction of sp³-hybridized carbons (Fsp3) is 0.643. The molecule has 0 radical (unpaired) electrons. The number of primary amides is 1. The normalized spacial score (nSPS) is 22.9. The Hall–Kier alpha value is -1.89. The van der Waals surface area contributed by atoms with Crippen LogP contribution in [0.25, 0.3) is 0 Å². The molecule has 3 rings (SSSR count). The monoisotopic (exact) mass is 291 g/mol. The van der Waals surface area contributed by atoms with E-state index in [1.807, 2.05) is 4.90 Å². The Kier molecular flexibility index (Phi) is 3.92. The van der Waals surface area contributed by atoms with Crippen molar-refractivity contribution in [2.75, 3.05) is 13.1 Å². The largest absolute Gasteiger partial charge is 0.370 e. The van der Waals surface area contributed by atoms with Crippen molar-refractivity contribution in [2.45, 2.75) is 38.3 Å². The number of likely N-dealkylation sites (tertiary alicyclic amines) is 1. The smallest absolute Gasteiger partial charge is 0.240 e. The van der Waals surface area contributed by atoms with E-state index in [1.165, 1.54) is 0 Å². The topological polar surface area (TPSA) is 104 Å². The summed E-state index contributed by atoms with van der Waals surface area (Å²) in [5.41, 5.74) is 7.28. The fourth-order valence-corrected chi connectivity index (χ4v) is 3.21. The summed E-state index contributed by atoms with van der Waals surface area (Å²) in [4.78, 5) is 32.7. The Balaban J connectivity index is 1.54. The molecule has 7 nitrogen and oxygen atoms in total. The van der Waals surface area contributed by atoms with Crippen LogP contribution in [0.1, 0.15) is 30.7 Å². The van der Waals surface area contributed by atoms with Gasteiger partial charge in [-0.05, 0) is 18.8 Å². The molecule has 114 valence electrons. The maximum Gasteiger partial charge on any atom is 0.240 e. The number of rotatable bonds is 3. The van der Waals surface area contributed by atoms with Gasteiger partial charge in [0.2, 0.25) is 11.8 Å². The van der Waals surface area contributed by atoms with Crippen molar-refractivity contribution < 1.29 is 9.59 Å². The zero-order valence-electron chi connectivity index (χ0n) is 12.0. The number of carbonyl (C=O) groups excluding carboxylic acids is 2. The van der Waals surface area contributed by atoms with Crippen LogP contribution in [0, 0.1) is 5.92 Å². The van der Waals surface area contributed by atoms with Crippen LogP contribution in [0.15, 0.2) is 6.33 Å². The minimum atomic E-state index is -0.250. The highest BCUT2D eigenvalue weighted by Gasteiger charge is 2.31. The Morgan fingerprint density at radius 3 is 2.86 bits per heavy atom. The van der Waals surface area contributed by atoms with E-state index in [2.05, 4.69) is 15.3 Å². The number of nitrogens with two attached hydrogens (primary N) is 1. The molecular formula is C14H21N5O2. The number of aromatic amines is 1. The van der Waals surface area contributed by atoms with Gasteiger partial charge >= 0.3 is 0 Å². The summed E-state index contributed by atoms with van der Waals surface area (Å²) >= 11 is 0. The van der Waals surface area contributed by atoms with Gasteiger partial charge in [-0.1, -0.05) is 0 Å². The van der Waals surface area contributed by atoms with E-state index in [1.54, 1.807) is 6.33 Å². The molecule has 1 atom stereocenters. The second kappa shape index (κ2) is 5.85. The third-order valence-electron chi connectivity index (χ3n) is 4.44. The molecule has 2 amide bonds. The van der Waals surface area contributed by atoms with Gasteiger partial charge < -0.3 is 15.6 Å². The van der Waals surface area contributed by atoms with Crippen LogP contribution in [0.3, 0.4) is 0 Å². The second-order valence-corrected chi connectivity index (χ2v) is 5.90. The van der Waals surface area contributed by atoms with Gasteiger partial charge in [-0.3, -0.25) is 14.9 Å². The Morgan fingerprint density at radius 2 is 2.14 bits per heavy atom. The van der Waals surface area contributed by atoms with Crippen LogP contribution >= 0.6 is 0 Å². The zero-order chi connectivity index (χ0) is 14.8. The van der Waals surface area contributed by atoms with Gasteiger partial charge in [-0.25, -0.2) is 4.98 Å². The first-order chi connectivity index (χ1) is 10.1. The van der Waals surface area contributed by atoms with Crippen molar-refractivity contribution in [1.82, 2.24) is 20.2 Å². The predicted molar refractivity (Wildman–Crippen MR) is 76.0 cm³/mol. The summed E-state index contributed by atoms with van der Waals surface area (Å²) in [6, 6.07) is -0.187. The molecule has 2 aliphatic rings. The number of hydrogen-bond acceptors (Lipinski definition) is 4. The molecule has 21 heavy (non-hydrogen) atoms. The number of nitrogens with one attached hydrogen (secondary N) is 2. The molecule has 0 bridgehead atoms. The average molecular weight is 291 g/mol. The molecule has 1 aromatic heterocycles. The summed E-state index contributed by atoms with van der Waals surface area (Å²) in [5.74, 6) is 0.213. The summed E-state index contributed by atoms with van der Waals surface area (Å²) in [7, 11) is 0. The van der Waals surface area contributed by atoms with Crippen molar-refractivity contribution in [1.29, 1.82) is 0 Å². The van der Waals surface area contributed by atoms with Gasteiger partial charge in [-0.15, -0.1) is 0 Å². The Labute approximate surface area is 123 Å². The molecule has 1 aromatic rings. The van der Waals surface area contributed by atoms with E-state index in [9.17, 15) is 9.59 Å². The van der Waals surface area contributed by atoms with E-state index in [4.69, 9.17) is 5.73 Å². The van der Waals surface area contributed by atoms with Crippen molar-refractivity contribution in [3.8, 4) is 0 Å².